The summed E-state index contributed by atoms with van der Waals surface area (Å²) in [6.45, 7) is 1.62. The van der Waals surface area contributed by atoms with E-state index in [9.17, 15) is 9.59 Å². The molecule has 7 nitrogen and oxygen atoms in total. The van der Waals surface area contributed by atoms with Crippen molar-refractivity contribution < 1.29 is 24.2 Å². The lowest BCUT2D eigenvalue weighted by molar-refractivity contribution is -0.122. The van der Waals surface area contributed by atoms with Crippen LogP contribution >= 0.6 is 0 Å². The van der Waals surface area contributed by atoms with Crippen LogP contribution in [-0.4, -0.2) is 30.7 Å². The second-order valence-electron chi connectivity index (χ2n) is 4.01. The van der Waals surface area contributed by atoms with Crippen molar-refractivity contribution in [1.29, 1.82) is 0 Å². The minimum Gasteiger partial charge on any atom is -0.493 e. The third kappa shape index (κ3) is 3.51. The summed E-state index contributed by atoms with van der Waals surface area (Å²) in [7, 11) is 1.40. The summed E-state index contributed by atoms with van der Waals surface area (Å²) in [5.74, 6) is -1.70. The lowest BCUT2D eigenvalue weighted by Crippen LogP contribution is -2.25. The number of nitrogens with two attached hydrogens (primary N) is 2. The summed E-state index contributed by atoms with van der Waals surface area (Å²) in [6, 6.07) is 2.61. The lowest BCUT2D eigenvalue weighted by atomic mass is 10.1. The van der Waals surface area contributed by atoms with E-state index in [0.717, 1.165) is 0 Å². The largest absolute Gasteiger partial charge is 0.493 e. The maximum absolute atomic E-state index is 11.0. The zero-order chi connectivity index (χ0) is 14.6. The first-order chi connectivity index (χ1) is 8.86. The van der Waals surface area contributed by atoms with Gasteiger partial charge in [-0.25, -0.2) is 4.79 Å². The zero-order valence-electron chi connectivity index (χ0n) is 10.7. The van der Waals surface area contributed by atoms with Crippen molar-refractivity contribution in [2.45, 2.75) is 6.92 Å². The number of hydrogen-bond acceptors (Lipinski definition) is 5. The van der Waals surface area contributed by atoms with Crippen molar-refractivity contribution in [2.24, 2.45) is 11.7 Å². The number of primary amides is 1. The predicted octanol–water partition coefficient (Wildman–Crippen LogP) is 0.476. The molecule has 1 atom stereocenters. The van der Waals surface area contributed by atoms with Gasteiger partial charge >= 0.3 is 5.97 Å². The fourth-order valence-electron chi connectivity index (χ4n) is 1.33. The second-order valence-corrected chi connectivity index (χ2v) is 4.01. The van der Waals surface area contributed by atoms with Gasteiger partial charge in [0.1, 0.15) is 0 Å². The summed E-state index contributed by atoms with van der Waals surface area (Å²) in [5, 5.41) is 8.97. The van der Waals surface area contributed by atoms with E-state index in [1.165, 1.54) is 19.2 Å². The van der Waals surface area contributed by atoms with Crippen LogP contribution in [0.25, 0.3) is 0 Å². The van der Waals surface area contributed by atoms with Gasteiger partial charge in [0.25, 0.3) is 0 Å². The Morgan fingerprint density at radius 1 is 1.37 bits per heavy atom. The van der Waals surface area contributed by atoms with E-state index < -0.39 is 17.8 Å². The van der Waals surface area contributed by atoms with Gasteiger partial charge in [0.05, 0.1) is 30.9 Å². The molecular weight excluding hydrogens is 252 g/mol. The van der Waals surface area contributed by atoms with Crippen LogP contribution in [0.3, 0.4) is 0 Å². The molecule has 1 rings (SSSR count). The Kier molecular flexibility index (Phi) is 4.57. The standard InChI is InChI=1S/C12H16N2O5/c1-6(11(14)15)5-19-10-3-7(12(16)17)8(13)4-9(10)18-2/h3-4,6H,5,13H2,1-2H3,(H2,14,15)(H,16,17). The Balaban J connectivity index is 3.01. The van der Waals surface area contributed by atoms with Gasteiger partial charge in [-0.05, 0) is 0 Å². The van der Waals surface area contributed by atoms with Crippen molar-refractivity contribution in [3.8, 4) is 11.5 Å². The topological polar surface area (TPSA) is 125 Å². The van der Waals surface area contributed by atoms with Gasteiger partial charge in [0, 0.05) is 12.1 Å². The zero-order valence-corrected chi connectivity index (χ0v) is 10.7. The number of benzene rings is 1. The number of carboxylic acid groups (broad SMARTS) is 1. The van der Waals surface area contributed by atoms with Crippen molar-refractivity contribution in [3.63, 3.8) is 0 Å². The second kappa shape index (κ2) is 5.94. The molecule has 1 aromatic carbocycles. The first-order valence-corrected chi connectivity index (χ1v) is 5.49. The van der Waals surface area contributed by atoms with Crippen LogP contribution in [0.15, 0.2) is 12.1 Å². The average Bonchev–Trinajstić information content (AvgIpc) is 2.35. The number of rotatable bonds is 6. The van der Waals surface area contributed by atoms with Crippen LogP contribution < -0.4 is 20.9 Å². The predicted molar refractivity (Wildman–Crippen MR) is 68.2 cm³/mol. The Bertz CT molecular complexity index is 501. The van der Waals surface area contributed by atoms with Crippen LogP contribution in [0.2, 0.25) is 0 Å². The summed E-state index contributed by atoms with van der Waals surface area (Å²) < 4.78 is 10.4. The molecule has 0 radical (unpaired) electrons. The monoisotopic (exact) mass is 268 g/mol. The highest BCUT2D eigenvalue weighted by Gasteiger charge is 2.16. The van der Waals surface area contributed by atoms with Crippen molar-refractivity contribution in [2.75, 3.05) is 19.5 Å². The van der Waals surface area contributed by atoms with Crippen LogP contribution in [-0.2, 0) is 4.79 Å². The molecule has 7 heteroatoms. The van der Waals surface area contributed by atoms with Crippen LogP contribution in [0.1, 0.15) is 17.3 Å². The Morgan fingerprint density at radius 3 is 2.47 bits per heavy atom. The maximum Gasteiger partial charge on any atom is 0.337 e. The highest BCUT2D eigenvalue weighted by molar-refractivity contribution is 5.94. The molecule has 0 saturated heterocycles. The molecule has 5 N–H and O–H groups in total. The molecule has 0 saturated carbocycles. The van der Waals surface area contributed by atoms with Crippen LogP contribution in [0.4, 0.5) is 5.69 Å². The summed E-state index contributed by atoms with van der Waals surface area (Å²) in [6.07, 6.45) is 0. The minimum absolute atomic E-state index is 0.0225. The quantitative estimate of drug-likeness (QED) is 0.644. The fraction of sp³-hybridized carbons (Fsp3) is 0.333. The van der Waals surface area contributed by atoms with Gasteiger partial charge in [-0.3, -0.25) is 4.79 Å². The van der Waals surface area contributed by atoms with E-state index in [2.05, 4.69) is 0 Å². The first-order valence-electron chi connectivity index (χ1n) is 5.49. The number of carboxylic acids is 1. The third-order valence-corrected chi connectivity index (χ3v) is 2.54. The summed E-state index contributed by atoms with van der Waals surface area (Å²) in [5.41, 5.74) is 10.7. The number of hydrogen-bond donors (Lipinski definition) is 3. The number of amides is 1. The molecule has 0 aliphatic carbocycles. The molecule has 104 valence electrons. The van der Waals surface area contributed by atoms with Crippen molar-refractivity contribution in [3.05, 3.63) is 17.7 Å². The Hall–Kier alpha value is -2.44. The van der Waals surface area contributed by atoms with Gasteiger partial charge in [-0.2, -0.15) is 0 Å². The van der Waals surface area contributed by atoms with Gasteiger partial charge in [-0.15, -0.1) is 0 Å². The number of carbonyl (C=O) groups is 2. The molecule has 0 aliphatic rings. The van der Waals surface area contributed by atoms with E-state index in [4.69, 9.17) is 26.0 Å². The number of aromatic carboxylic acids is 1. The summed E-state index contributed by atoms with van der Waals surface area (Å²) in [4.78, 5) is 21.9. The fourth-order valence-corrected chi connectivity index (χ4v) is 1.33. The molecule has 1 aromatic rings. The smallest absolute Gasteiger partial charge is 0.337 e. The molecule has 0 fully saturated rings. The van der Waals surface area contributed by atoms with Gasteiger partial charge in [-0.1, -0.05) is 6.92 Å². The van der Waals surface area contributed by atoms with Crippen molar-refractivity contribution in [1.82, 2.24) is 0 Å². The highest BCUT2D eigenvalue weighted by Crippen LogP contribution is 2.32. The highest BCUT2D eigenvalue weighted by atomic mass is 16.5. The molecule has 0 heterocycles. The van der Waals surface area contributed by atoms with Crippen molar-refractivity contribution >= 4 is 17.6 Å². The normalized spacial score (nSPS) is 11.7. The third-order valence-electron chi connectivity index (χ3n) is 2.54. The molecule has 0 bridgehead atoms. The maximum atomic E-state index is 11.0. The molecule has 0 aromatic heterocycles. The molecule has 0 aliphatic heterocycles. The van der Waals surface area contributed by atoms with Crippen LogP contribution in [0.5, 0.6) is 11.5 Å². The molecule has 19 heavy (non-hydrogen) atoms. The number of ether oxygens (including phenoxy) is 2. The molecule has 1 amide bonds. The van der Waals surface area contributed by atoms with E-state index in [1.807, 2.05) is 0 Å². The number of carbonyl (C=O) groups excluding carboxylic acids is 1. The number of nitrogen functional groups attached to an aromatic ring is 1. The number of methoxy groups -OCH3 is 1. The number of anilines is 1. The van der Waals surface area contributed by atoms with Gasteiger partial charge < -0.3 is 26.0 Å². The summed E-state index contributed by atoms with van der Waals surface area (Å²) >= 11 is 0. The minimum atomic E-state index is -1.17. The lowest BCUT2D eigenvalue weighted by Gasteiger charge is -2.14. The Labute approximate surface area is 110 Å². The SMILES string of the molecule is COc1cc(N)c(C(=O)O)cc1OCC(C)C(N)=O. The average molecular weight is 268 g/mol. The molecule has 0 spiro atoms. The molecular formula is C12H16N2O5. The van der Waals surface area contributed by atoms with Crippen LogP contribution in [0, 0.1) is 5.92 Å². The van der Waals surface area contributed by atoms with E-state index >= 15 is 0 Å². The van der Waals surface area contributed by atoms with E-state index in [-0.39, 0.29) is 23.6 Å². The van der Waals surface area contributed by atoms with Gasteiger partial charge in [0.15, 0.2) is 11.5 Å². The van der Waals surface area contributed by atoms with Gasteiger partial charge in [0.2, 0.25) is 5.91 Å². The molecule has 1 unspecified atom stereocenters. The van der Waals surface area contributed by atoms with E-state index in [0.29, 0.717) is 5.75 Å². The first kappa shape index (κ1) is 14.6. The van der Waals surface area contributed by atoms with E-state index in [1.54, 1.807) is 6.92 Å². The Morgan fingerprint density at radius 2 is 2.00 bits per heavy atom.